The third-order valence-corrected chi connectivity index (χ3v) is 6.54. The summed E-state index contributed by atoms with van der Waals surface area (Å²) < 4.78 is 26.7. The Morgan fingerprint density at radius 1 is 1.16 bits per heavy atom. The summed E-state index contributed by atoms with van der Waals surface area (Å²) in [5.74, 6) is 0.987. The van der Waals surface area contributed by atoms with Crippen LogP contribution >= 0.6 is 0 Å². The highest BCUT2D eigenvalue weighted by Gasteiger charge is 2.39. The highest BCUT2D eigenvalue weighted by atomic mass is 32.2. The van der Waals surface area contributed by atoms with Gasteiger partial charge in [-0.05, 0) is 44.4 Å². The Morgan fingerprint density at radius 2 is 1.68 bits per heavy atom. The number of aliphatic hydroxyl groups is 1. The lowest BCUT2D eigenvalue weighted by Crippen LogP contribution is -2.50. The van der Waals surface area contributed by atoms with Gasteiger partial charge < -0.3 is 5.11 Å². The third kappa shape index (κ3) is 4.17. The maximum Gasteiger partial charge on any atom is 0.216 e. The number of rotatable bonds is 8. The van der Waals surface area contributed by atoms with Crippen LogP contribution in [0.4, 0.5) is 0 Å². The maximum absolute atomic E-state index is 12.5. The highest BCUT2D eigenvalue weighted by Crippen LogP contribution is 2.33. The molecule has 0 spiro atoms. The molecule has 0 amide bonds. The minimum absolute atomic E-state index is 0.0992. The predicted molar refractivity (Wildman–Crippen MR) is 78.4 cm³/mol. The molecule has 5 heteroatoms. The van der Waals surface area contributed by atoms with Crippen molar-refractivity contribution in [2.45, 2.75) is 58.8 Å². The van der Waals surface area contributed by atoms with Crippen molar-refractivity contribution in [2.24, 2.45) is 17.8 Å². The molecule has 4 nitrogen and oxygen atoms in total. The van der Waals surface area contributed by atoms with E-state index in [0.717, 1.165) is 12.8 Å². The van der Waals surface area contributed by atoms with Gasteiger partial charge in [-0.1, -0.05) is 20.8 Å². The second-order valence-corrected chi connectivity index (χ2v) is 8.90. The molecule has 0 aliphatic heterocycles. The summed E-state index contributed by atoms with van der Waals surface area (Å²) in [5, 5.41) is 9.26. The molecule has 0 heterocycles. The summed E-state index contributed by atoms with van der Waals surface area (Å²) in [4.78, 5) is 0. The average molecular weight is 291 g/mol. The molecule has 1 N–H and O–H groups in total. The highest BCUT2D eigenvalue weighted by molar-refractivity contribution is 7.89. The second kappa shape index (κ2) is 6.55. The quantitative estimate of drug-likeness (QED) is 0.745. The summed E-state index contributed by atoms with van der Waals surface area (Å²) in [5.41, 5.74) is 0. The molecule has 0 radical (unpaired) electrons. The average Bonchev–Trinajstić information content (AvgIpc) is 3.11. The van der Waals surface area contributed by atoms with Gasteiger partial charge in [0.2, 0.25) is 10.0 Å². The zero-order chi connectivity index (χ0) is 14.8. The topological polar surface area (TPSA) is 57.6 Å². The predicted octanol–water partition coefficient (Wildman–Crippen LogP) is 2.09. The van der Waals surface area contributed by atoms with Gasteiger partial charge >= 0.3 is 0 Å². The Bertz CT molecular complexity index is 374. The van der Waals surface area contributed by atoms with Crippen molar-refractivity contribution in [3.8, 4) is 0 Å². The number of hydrogen-bond donors (Lipinski definition) is 1. The van der Waals surface area contributed by atoms with Crippen molar-refractivity contribution in [1.82, 2.24) is 4.31 Å². The Labute approximate surface area is 118 Å². The Morgan fingerprint density at radius 3 is 2.00 bits per heavy atom. The summed E-state index contributed by atoms with van der Waals surface area (Å²) in [6, 6.07) is -0.298. The van der Waals surface area contributed by atoms with Gasteiger partial charge in [-0.2, -0.15) is 4.31 Å². The van der Waals surface area contributed by atoms with Crippen molar-refractivity contribution in [1.29, 1.82) is 0 Å². The molecule has 0 saturated heterocycles. The Balaban J connectivity index is 2.99. The molecule has 1 aliphatic carbocycles. The van der Waals surface area contributed by atoms with Gasteiger partial charge in [0.25, 0.3) is 0 Å². The molecule has 1 unspecified atom stereocenters. The third-order valence-electron chi connectivity index (χ3n) is 4.27. The Kier molecular flexibility index (Phi) is 5.83. The standard InChI is InChI=1S/C14H29NO3S/c1-10(2)12(5)14(9-16)15(8-13-6-7-13)19(17,18)11(3)4/h10-14,16H,6-9H2,1-5H3/t12?,14-/m1/s1. The molecule has 1 rings (SSSR count). The van der Waals surface area contributed by atoms with Crippen molar-refractivity contribution in [3.63, 3.8) is 0 Å². The van der Waals surface area contributed by atoms with Crippen LogP contribution in [-0.4, -0.2) is 42.3 Å². The van der Waals surface area contributed by atoms with Crippen LogP contribution in [0.15, 0.2) is 0 Å². The van der Waals surface area contributed by atoms with Crippen LogP contribution in [0, 0.1) is 17.8 Å². The van der Waals surface area contributed by atoms with Gasteiger partial charge in [0, 0.05) is 6.54 Å². The van der Waals surface area contributed by atoms with Gasteiger partial charge in [0.05, 0.1) is 17.9 Å². The first kappa shape index (κ1) is 16.9. The molecular weight excluding hydrogens is 262 g/mol. The van der Waals surface area contributed by atoms with E-state index in [-0.39, 0.29) is 18.6 Å². The van der Waals surface area contributed by atoms with Crippen LogP contribution in [0.5, 0.6) is 0 Å². The molecule has 0 aromatic carbocycles. The summed E-state index contributed by atoms with van der Waals surface area (Å²) in [6.07, 6.45) is 2.22. The van der Waals surface area contributed by atoms with Crippen LogP contribution < -0.4 is 0 Å². The molecule has 19 heavy (non-hydrogen) atoms. The Hall–Kier alpha value is -0.130. The molecule has 2 atom stereocenters. The van der Waals surface area contributed by atoms with Crippen LogP contribution in [0.2, 0.25) is 0 Å². The van der Waals surface area contributed by atoms with E-state index in [4.69, 9.17) is 0 Å². The molecule has 114 valence electrons. The minimum atomic E-state index is -3.31. The van der Waals surface area contributed by atoms with E-state index in [1.165, 1.54) is 0 Å². The number of hydrogen-bond acceptors (Lipinski definition) is 3. The van der Waals surface area contributed by atoms with Gasteiger partial charge in [0.1, 0.15) is 0 Å². The van der Waals surface area contributed by atoms with E-state index in [2.05, 4.69) is 13.8 Å². The molecule has 0 aromatic heterocycles. The van der Waals surface area contributed by atoms with Crippen molar-refractivity contribution in [2.75, 3.05) is 13.2 Å². The van der Waals surface area contributed by atoms with Crippen LogP contribution in [0.1, 0.15) is 47.5 Å². The first-order chi connectivity index (χ1) is 8.71. The first-order valence-electron chi connectivity index (χ1n) is 7.33. The molecule has 0 bridgehead atoms. The first-order valence-corrected chi connectivity index (χ1v) is 8.83. The van der Waals surface area contributed by atoms with Crippen LogP contribution in [-0.2, 0) is 10.0 Å². The smallest absolute Gasteiger partial charge is 0.216 e. The molecule has 1 aliphatic rings. The lowest BCUT2D eigenvalue weighted by molar-refractivity contribution is 0.121. The number of nitrogens with zero attached hydrogens (tertiary/aromatic N) is 1. The SMILES string of the molecule is CC(C)C(C)[C@@H](CO)N(CC1CC1)S(=O)(=O)C(C)C. The van der Waals surface area contributed by atoms with Crippen molar-refractivity contribution in [3.05, 3.63) is 0 Å². The van der Waals surface area contributed by atoms with E-state index < -0.39 is 15.3 Å². The molecule has 0 aromatic rings. The number of sulfonamides is 1. The number of aliphatic hydroxyl groups excluding tert-OH is 1. The molecule has 1 fully saturated rings. The van der Waals surface area contributed by atoms with E-state index in [0.29, 0.717) is 18.4 Å². The fourth-order valence-electron chi connectivity index (χ4n) is 2.22. The zero-order valence-corrected chi connectivity index (χ0v) is 13.7. The van der Waals surface area contributed by atoms with Crippen molar-refractivity contribution < 1.29 is 13.5 Å². The van der Waals surface area contributed by atoms with Crippen LogP contribution in [0.3, 0.4) is 0 Å². The summed E-state index contributed by atoms with van der Waals surface area (Å²) in [6.45, 7) is 10.1. The second-order valence-electron chi connectivity index (χ2n) is 6.46. The van der Waals surface area contributed by atoms with Gasteiger partial charge in [-0.3, -0.25) is 0 Å². The normalized spacial score (nSPS) is 20.3. The van der Waals surface area contributed by atoms with E-state index in [1.807, 2.05) is 6.92 Å². The van der Waals surface area contributed by atoms with Crippen LogP contribution in [0.25, 0.3) is 0 Å². The molecule has 1 saturated carbocycles. The largest absolute Gasteiger partial charge is 0.395 e. The van der Waals surface area contributed by atoms with E-state index >= 15 is 0 Å². The summed E-state index contributed by atoms with van der Waals surface area (Å²) in [7, 11) is -3.31. The monoisotopic (exact) mass is 291 g/mol. The minimum Gasteiger partial charge on any atom is -0.395 e. The summed E-state index contributed by atoms with van der Waals surface area (Å²) >= 11 is 0. The fraction of sp³-hybridized carbons (Fsp3) is 1.00. The van der Waals surface area contributed by atoms with Crippen molar-refractivity contribution >= 4 is 10.0 Å². The van der Waals surface area contributed by atoms with E-state index in [9.17, 15) is 13.5 Å². The van der Waals surface area contributed by atoms with Gasteiger partial charge in [-0.25, -0.2) is 8.42 Å². The molecular formula is C14H29NO3S. The van der Waals surface area contributed by atoms with E-state index in [1.54, 1.807) is 18.2 Å². The maximum atomic E-state index is 12.5. The fourth-order valence-corrected chi connectivity index (χ4v) is 3.81. The van der Waals surface area contributed by atoms with Gasteiger partial charge in [0.15, 0.2) is 0 Å². The lowest BCUT2D eigenvalue weighted by atomic mass is 9.90. The lowest BCUT2D eigenvalue weighted by Gasteiger charge is -2.36. The van der Waals surface area contributed by atoms with Gasteiger partial charge in [-0.15, -0.1) is 0 Å². The zero-order valence-electron chi connectivity index (χ0n) is 12.8.